The monoisotopic (exact) mass is 291 g/mol. The van der Waals surface area contributed by atoms with Gasteiger partial charge in [-0.3, -0.25) is 0 Å². The standard InChI is InChI=1S/C13H17N5O3/c1-4-21-13-17-11(14)16-12(18-13)15-8-5-6-9(19-2)10(7-8)20-3/h5-7H,4H2,1-3H3,(H3,14,15,16,17,18). The van der Waals surface area contributed by atoms with Gasteiger partial charge in [0.25, 0.3) is 0 Å². The average molecular weight is 291 g/mol. The van der Waals surface area contributed by atoms with Gasteiger partial charge in [-0.25, -0.2) is 0 Å². The van der Waals surface area contributed by atoms with Gasteiger partial charge in [0.15, 0.2) is 11.5 Å². The van der Waals surface area contributed by atoms with Crippen molar-refractivity contribution in [3.8, 4) is 17.5 Å². The van der Waals surface area contributed by atoms with E-state index in [-0.39, 0.29) is 17.9 Å². The lowest BCUT2D eigenvalue weighted by atomic mass is 10.3. The Morgan fingerprint density at radius 1 is 1.10 bits per heavy atom. The van der Waals surface area contributed by atoms with E-state index in [0.717, 1.165) is 5.69 Å². The zero-order valence-electron chi connectivity index (χ0n) is 12.1. The Balaban J connectivity index is 2.25. The second-order valence-corrected chi connectivity index (χ2v) is 3.93. The summed E-state index contributed by atoms with van der Waals surface area (Å²) < 4.78 is 15.6. The number of nitrogens with zero attached hydrogens (tertiary/aromatic N) is 3. The summed E-state index contributed by atoms with van der Waals surface area (Å²) in [5.74, 6) is 1.59. The SMILES string of the molecule is CCOc1nc(N)nc(Nc2ccc(OC)c(OC)c2)n1. The minimum Gasteiger partial charge on any atom is -0.493 e. The van der Waals surface area contributed by atoms with E-state index in [9.17, 15) is 0 Å². The van der Waals surface area contributed by atoms with Crippen molar-refractivity contribution >= 4 is 17.6 Å². The minimum atomic E-state index is 0.0800. The summed E-state index contributed by atoms with van der Waals surface area (Å²) in [6.07, 6.45) is 0. The van der Waals surface area contributed by atoms with Crippen molar-refractivity contribution in [2.75, 3.05) is 31.9 Å². The van der Waals surface area contributed by atoms with Crippen molar-refractivity contribution in [3.63, 3.8) is 0 Å². The van der Waals surface area contributed by atoms with Gasteiger partial charge >= 0.3 is 6.01 Å². The normalized spacial score (nSPS) is 10.0. The second kappa shape index (κ2) is 6.60. The number of benzene rings is 1. The van der Waals surface area contributed by atoms with Gasteiger partial charge in [-0.2, -0.15) is 15.0 Å². The van der Waals surface area contributed by atoms with Gasteiger partial charge in [0, 0.05) is 11.8 Å². The van der Waals surface area contributed by atoms with Crippen molar-refractivity contribution < 1.29 is 14.2 Å². The van der Waals surface area contributed by atoms with E-state index in [2.05, 4.69) is 20.3 Å². The van der Waals surface area contributed by atoms with Gasteiger partial charge in [-0.05, 0) is 19.1 Å². The van der Waals surface area contributed by atoms with Crippen LogP contribution in [0.1, 0.15) is 6.92 Å². The molecule has 0 aliphatic carbocycles. The Morgan fingerprint density at radius 3 is 2.52 bits per heavy atom. The molecule has 8 heteroatoms. The van der Waals surface area contributed by atoms with Crippen LogP contribution in [0.15, 0.2) is 18.2 Å². The molecule has 0 spiro atoms. The van der Waals surface area contributed by atoms with Gasteiger partial charge in [-0.15, -0.1) is 0 Å². The molecule has 0 fully saturated rings. The van der Waals surface area contributed by atoms with Crippen LogP contribution >= 0.6 is 0 Å². The van der Waals surface area contributed by atoms with Crippen molar-refractivity contribution in [2.45, 2.75) is 6.92 Å². The fraction of sp³-hybridized carbons (Fsp3) is 0.308. The van der Waals surface area contributed by atoms with Crippen molar-refractivity contribution in [1.82, 2.24) is 15.0 Å². The number of hydrogen-bond acceptors (Lipinski definition) is 8. The molecule has 0 atom stereocenters. The van der Waals surface area contributed by atoms with Crippen molar-refractivity contribution in [2.24, 2.45) is 0 Å². The van der Waals surface area contributed by atoms with E-state index in [1.54, 1.807) is 26.4 Å². The average Bonchev–Trinajstić information content (AvgIpc) is 2.46. The molecule has 0 amide bonds. The summed E-state index contributed by atoms with van der Waals surface area (Å²) in [5, 5.41) is 3.01. The molecular weight excluding hydrogens is 274 g/mol. The van der Waals surface area contributed by atoms with E-state index in [4.69, 9.17) is 19.9 Å². The van der Waals surface area contributed by atoms with E-state index in [1.165, 1.54) is 0 Å². The molecule has 2 rings (SSSR count). The zero-order chi connectivity index (χ0) is 15.2. The fourth-order valence-electron chi connectivity index (χ4n) is 1.66. The third-order valence-electron chi connectivity index (χ3n) is 2.55. The molecule has 0 aliphatic rings. The third kappa shape index (κ3) is 3.62. The Kier molecular flexibility index (Phi) is 4.60. The largest absolute Gasteiger partial charge is 0.493 e. The highest BCUT2D eigenvalue weighted by molar-refractivity contribution is 5.60. The van der Waals surface area contributed by atoms with Crippen LogP contribution in [-0.4, -0.2) is 35.8 Å². The number of nitrogens with two attached hydrogens (primary N) is 1. The van der Waals surface area contributed by atoms with Crippen LogP contribution in [0.2, 0.25) is 0 Å². The first-order chi connectivity index (χ1) is 10.2. The number of methoxy groups -OCH3 is 2. The molecule has 1 heterocycles. The van der Waals surface area contributed by atoms with Gasteiger partial charge in [-0.1, -0.05) is 0 Å². The molecule has 0 radical (unpaired) electrons. The molecule has 3 N–H and O–H groups in total. The summed E-state index contributed by atoms with van der Waals surface area (Å²) in [6, 6.07) is 5.52. The molecule has 0 aliphatic heterocycles. The lowest BCUT2D eigenvalue weighted by Gasteiger charge is -2.11. The Bertz CT molecular complexity index is 621. The lowest BCUT2D eigenvalue weighted by molar-refractivity contribution is 0.312. The maximum Gasteiger partial charge on any atom is 0.323 e. The quantitative estimate of drug-likeness (QED) is 0.827. The first-order valence-electron chi connectivity index (χ1n) is 6.29. The highest BCUT2D eigenvalue weighted by Gasteiger charge is 2.08. The molecule has 0 saturated heterocycles. The number of rotatable bonds is 6. The van der Waals surface area contributed by atoms with Crippen LogP contribution in [0.5, 0.6) is 17.5 Å². The van der Waals surface area contributed by atoms with E-state index in [1.807, 2.05) is 13.0 Å². The summed E-state index contributed by atoms with van der Waals surface area (Å²) in [4.78, 5) is 12.0. The number of aromatic nitrogens is 3. The van der Waals surface area contributed by atoms with Crippen LogP contribution in [0.3, 0.4) is 0 Å². The Labute approximate surface area is 122 Å². The molecule has 0 unspecified atom stereocenters. The number of nitrogens with one attached hydrogen (secondary N) is 1. The van der Waals surface area contributed by atoms with E-state index >= 15 is 0 Å². The Morgan fingerprint density at radius 2 is 1.86 bits per heavy atom. The van der Waals surface area contributed by atoms with Gasteiger partial charge < -0.3 is 25.3 Å². The number of anilines is 3. The van der Waals surface area contributed by atoms with Crippen LogP contribution in [-0.2, 0) is 0 Å². The fourth-order valence-corrected chi connectivity index (χ4v) is 1.66. The summed E-state index contributed by atoms with van der Waals surface area (Å²) in [6.45, 7) is 2.28. The van der Waals surface area contributed by atoms with Crippen LogP contribution in [0.25, 0.3) is 0 Å². The minimum absolute atomic E-state index is 0.0800. The molecule has 2 aromatic rings. The topological polar surface area (TPSA) is 104 Å². The first-order valence-corrected chi connectivity index (χ1v) is 6.29. The molecular formula is C13H17N5O3. The summed E-state index contributed by atoms with van der Waals surface area (Å²) in [5.41, 5.74) is 6.34. The number of ether oxygens (including phenoxy) is 3. The lowest BCUT2D eigenvalue weighted by Crippen LogP contribution is -2.06. The number of hydrogen-bond donors (Lipinski definition) is 2. The summed E-state index contributed by atoms with van der Waals surface area (Å²) >= 11 is 0. The molecule has 0 bridgehead atoms. The van der Waals surface area contributed by atoms with Crippen molar-refractivity contribution in [3.05, 3.63) is 18.2 Å². The Hall–Kier alpha value is -2.77. The van der Waals surface area contributed by atoms with E-state index < -0.39 is 0 Å². The van der Waals surface area contributed by atoms with Gasteiger partial charge in [0.2, 0.25) is 11.9 Å². The van der Waals surface area contributed by atoms with Crippen LogP contribution < -0.4 is 25.3 Å². The maximum absolute atomic E-state index is 5.62. The predicted molar refractivity (Wildman–Crippen MR) is 78.2 cm³/mol. The highest BCUT2D eigenvalue weighted by atomic mass is 16.5. The van der Waals surface area contributed by atoms with E-state index in [0.29, 0.717) is 18.1 Å². The van der Waals surface area contributed by atoms with Crippen LogP contribution in [0, 0.1) is 0 Å². The molecule has 21 heavy (non-hydrogen) atoms. The molecule has 1 aromatic carbocycles. The van der Waals surface area contributed by atoms with Gasteiger partial charge in [0.05, 0.1) is 20.8 Å². The smallest absolute Gasteiger partial charge is 0.323 e. The van der Waals surface area contributed by atoms with Gasteiger partial charge in [0.1, 0.15) is 0 Å². The predicted octanol–water partition coefficient (Wildman–Crippen LogP) is 1.61. The zero-order valence-corrected chi connectivity index (χ0v) is 12.1. The molecule has 8 nitrogen and oxygen atoms in total. The summed E-state index contributed by atoms with van der Waals surface area (Å²) in [7, 11) is 3.14. The second-order valence-electron chi connectivity index (χ2n) is 3.93. The molecule has 1 aromatic heterocycles. The first kappa shape index (κ1) is 14.6. The van der Waals surface area contributed by atoms with Crippen LogP contribution in [0.4, 0.5) is 17.6 Å². The number of nitrogen functional groups attached to an aromatic ring is 1. The highest BCUT2D eigenvalue weighted by Crippen LogP contribution is 2.30. The molecule has 112 valence electrons. The molecule has 0 saturated carbocycles. The maximum atomic E-state index is 5.62. The van der Waals surface area contributed by atoms with Crippen molar-refractivity contribution in [1.29, 1.82) is 0 Å². The third-order valence-corrected chi connectivity index (χ3v) is 2.55.